The summed E-state index contributed by atoms with van der Waals surface area (Å²) in [6, 6.07) is 15.8. The van der Waals surface area contributed by atoms with Crippen LogP contribution >= 0.6 is 11.6 Å². The first-order chi connectivity index (χ1) is 19.2. The Bertz CT molecular complexity index is 1490. The van der Waals surface area contributed by atoms with Crippen LogP contribution in [0, 0.1) is 17.1 Å². The van der Waals surface area contributed by atoms with Crippen molar-refractivity contribution in [3.63, 3.8) is 0 Å². The lowest BCUT2D eigenvalue weighted by atomic mass is 9.77. The molecular formula is C31H31ClFN5O2. The molecular weight excluding hydrogens is 529 g/mol. The quantitative estimate of drug-likeness (QED) is 0.425. The monoisotopic (exact) mass is 559 g/mol. The molecule has 0 atom stereocenters. The predicted molar refractivity (Wildman–Crippen MR) is 153 cm³/mol. The average Bonchev–Trinajstić information content (AvgIpc) is 3.47. The Hall–Kier alpha value is -3.96. The molecule has 0 bridgehead atoms. The fourth-order valence-electron chi connectivity index (χ4n) is 5.91. The molecule has 2 aromatic carbocycles. The standard InChI is InChI=1S/C31H31ClFN5O2/c1-36(2)29(39)24-10-9-21(18-26(24)32)23-17-22(19-34)28(35-20-23)37-13-15-38(16-14-37)30(40)31(11-5-6-12-31)25-7-3-4-8-27(25)33/h3-4,7-10,17-18,20H,5-6,11-16H2,1-2H3. The molecule has 1 saturated heterocycles. The minimum Gasteiger partial charge on any atom is -0.352 e. The number of aromatic nitrogens is 1. The zero-order chi connectivity index (χ0) is 28.4. The largest absolute Gasteiger partial charge is 0.352 e. The van der Waals surface area contributed by atoms with Gasteiger partial charge in [-0.3, -0.25) is 9.59 Å². The number of halogens is 2. The Morgan fingerprint density at radius 2 is 1.73 bits per heavy atom. The number of hydrogen-bond donors (Lipinski definition) is 0. The molecule has 1 saturated carbocycles. The van der Waals surface area contributed by atoms with Crippen LogP contribution in [-0.2, 0) is 10.2 Å². The molecule has 1 aromatic heterocycles. The van der Waals surface area contributed by atoms with Crippen molar-refractivity contribution < 1.29 is 14.0 Å². The summed E-state index contributed by atoms with van der Waals surface area (Å²) in [6.07, 6.45) is 4.81. The van der Waals surface area contributed by atoms with Crippen LogP contribution in [0.15, 0.2) is 54.7 Å². The van der Waals surface area contributed by atoms with E-state index in [0.717, 1.165) is 18.4 Å². The van der Waals surface area contributed by atoms with Crippen LogP contribution in [0.3, 0.4) is 0 Å². The maximum absolute atomic E-state index is 14.8. The minimum atomic E-state index is -0.806. The smallest absolute Gasteiger partial charge is 0.254 e. The van der Waals surface area contributed by atoms with Crippen LogP contribution in [-0.4, -0.2) is 66.9 Å². The fraction of sp³-hybridized carbons (Fsp3) is 0.355. The number of amides is 2. The molecule has 3 aromatic rings. The molecule has 0 radical (unpaired) electrons. The van der Waals surface area contributed by atoms with Gasteiger partial charge < -0.3 is 14.7 Å². The molecule has 1 aliphatic heterocycles. The van der Waals surface area contributed by atoms with Crippen molar-refractivity contribution >= 4 is 29.2 Å². The first kappa shape index (κ1) is 27.6. The van der Waals surface area contributed by atoms with Gasteiger partial charge in [0.05, 0.1) is 21.6 Å². The first-order valence-electron chi connectivity index (χ1n) is 13.5. The van der Waals surface area contributed by atoms with E-state index in [0.29, 0.717) is 72.1 Å². The molecule has 206 valence electrons. The van der Waals surface area contributed by atoms with E-state index in [2.05, 4.69) is 11.1 Å². The van der Waals surface area contributed by atoms with Crippen molar-refractivity contribution in [2.24, 2.45) is 0 Å². The van der Waals surface area contributed by atoms with Gasteiger partial charge in [-0.2, -0.15) is 5.26 Å². The second-order valence-electron chi connectivity index (χ2n) is 10.6. The number of pyridine rings is 1. The fourth-order valence-corrected chi connectivity index (χ4v) is 6.17. The summed E-state index contributed by atoms with van der Waals surface area (Å²) in [4.78, 5) is 36.1. The minimum absolute atomic E-state index is 0.00774. The van der Waals surface area contributed by atoms with E-state index >= 15 is 0 Å². The molecule has 9 heteroatoms. The highest BCUT2D eigenvalue weighted by Crippen LogP contribution is 2.44. The van der Waals surface area contributed by atoms with Crippen molar-refractivity contribution in [2.45, 2.75) is 31.1 Å². The van der Waals surface area contributed by atoms with Gasteiger partial charge in [-0.25, -0.2) is 9.37 Å². The number of benzene rings is 2. The Kier molecular flexibility index (Phi) is 7.77. The molecule has 0 spiro atoms. The summed E-state index contributed by atoms with van der Waals surface area (Å²) in [6.45, 7) is 1.99. The van der Waals surface area contributed by atoms with Crippen LogP contribution in [0.4, 0.5) is 10.2 Å². The molecule has 0 unspecified atom stereocenters. The van der Waals surface area contributed by atoms with E-state index < -0.39 is 5.41 Å². The highest BCUT2D eigenvalue weighted by atomic mass is 35.5. The Morgan fingerprint density at radius 1 is 1.02 bits per heavy atom. The molecule has 2 amide bonds. The Morgan fingerprint density at radius 3 is 2.35 bits per heavy atom. The topological polar surface area (TPSA) is 80.5 Å². The summed E-state index contributed by atoms with van der Waals surface area (Å²) < 4.78 is 14.8. The van der Waals surface area contributed by atoms with Gasteiger partial charge in [0, 0.05) is 57.6 Å². The van der Waals surface area contributed by atoms with E-state index in [1.807, 2.05) is 9.80 Å². The number of hydrogen-bond acceptors (Lipinski definition) is 5. The van der Waals surface area contributed by atoms with Gasteiger partial charge in [0.1, 0.15) is 17.7 Å². The summed E-state index contributed by atoms with van der Waals surface area (Å²) in [5.41, 5.74) is 1.99. The van der Waals surface area contributed by atoms with E-state index in [-0.39, 0.29) is 17.6 Å². The first-order valence-corrected chi connectivity index (χ1v) is 13.8. The number of nitrogens with zero attached hydrogens (tertiary/aromatic N) is 5. The van der Waals surface area contributed by atoms with Crippen LogP contribution in [0.1, 0.15) is 47.2 Å². The molecule has 2 heterocycles. The Labute approximate surface area is 238 Å². The lowest BCUT2D eigenvalue weighted by molar-refractivity contribution is -0.137. The number of rotatable bonds is 5. The van der Waals surface area contributed by atoms with Crippen molar-refractivity contribution in [3.8, 4) is 17.2 Å². The van der Waals surface area contributed by atoms with Gasteiger partial charge in [-0.15, -0.1) is 0 Å². The van der Waals surface area contributed by atoms with Gasteiger partial charge in [0.2, 0.25) is 5.91 Å². The van der Waals surface area contributed by atoms with Gasteiger partial charge >= 0.3 is 0 Å². The summed E-state index contributed by atoms with van der Waals surface area (Å²) >= 11 is 6.39. The van der Waals surface area contributed by atoms with Crippen LogP contribution in [0.25, 0.3) is 11.1 Å². The zero-order valence-corrected chi connectivity index (χ0v) is 23.4. The number of nitriles is 1. The summed E-state index contributed by atoms with van der Waals surface area (Å²) in [7, 11) is 3.33. The Balaban J connectivity index is 1.32. The highest BCUT2D eigenvalue weighted by molar-refractivity contribution is 6.34. The van der Waals surface area contributed by atoms with Gasteiger partial charge in [-0.05, 0) is 42.7 Å². The normalized spacial score (nSPS) is 16.5. The number of carbonyl (C=O) groups excluding carboxylic acids is 2. The van der Waals surface area contributed by atoms with Crippen molar-refractivity contribution in [1.82, 2.24) is 14.8 Å². The van der Waals surface area contributed by atoms with Crippen LogP contribution in [0.2, 0.25) is 5.02 Å². The number of carbonyl (C=O) groups is 2. The van der Waals surface area contributed by atoms with Crippen molar-refractivity contribution in [3.05, 3.63) is 82.3 Å². The van der Waals surface area contributed by atoms with E-state index in [4.69, 9.17) is 11.6 Å². The van der Waals surface area contributed by atoms with Crippen LogP contribution < -0.4 is 4.90 Å². The van der Waals surface area contributed by atoms with Gasteiger partial charge in [0.15, 0.2) is 0 Å². The molecule has 2 fully saturated rings. The lowest BCUT2D eigenvalue weighted by Crippen LogP contribution is -2.54. The van der Waals surface area contributed by atoms with E-state index in [1.54, 1.807) is 62.8 Å². The molecule has 40 heavy (non-hydrogen) atoms. The second kappa shape index (κ2) is 11.3. The SMILES string of the molecule is CN(C)C(=O)c1ccc(-c2cnc(N3CCN(C(=O)C4(c5ccccc5F)CCCC4)CC3)c(C#N)c2)cc1Cl. The highest BCUT2D eigenvalue weighted by Gasteiger charge is 2.46. The third-order valence-electron chi connectivity index (χ3n) is 8.05. The predicted octanol–water partition coefficient (Wildman–Crippen LogP) is 5.28. The van der Waals surface area contributed by atoms with Crippen molar-refractivity contribution in [1.29, 1.82) is 5.26 Å². The van der Waals surface area contributed by atoms with E-state index in [9.17, 15) is 19.2 Å². The zero-order valence-electron chi connectivity index (χ0n) is 22.7. The summed E-state index contributed by atoms with van der Waals surface area (Å²) in [5.74, 6) is 0.0489. The molecule has 5 rings (SSSR count). The van der Waals surface area contributed by atoms with E-state index in [1.165, 1.54) is 11.0 Å². The maximum atomic E-state index is 14.8. The molecule has 1 aliphatic carbocycles. The second-order valence-corrected chi connectivity index (χ2v) is 11.1. The lowest BCUT2D eigenvalue weighted by Gasteiger charge is -2.40. The molecule has 7 nitrogen and oxygen atoms in total. The molecule has 0 N–H and O–H groups in total. The van der Waals surface area contributed by atoms with Crippen LogP contribution in [0.5, 0.6) is 0 Å². The average molecular weight is 560 g/mol. The third-order valence-corrected chi connectivity index (χ3v) is 8.36. The maximum Gasteiger partial charge on any atom is 0.254 e. The summed E-state index contributed by atoms with van der Waals surface area (Å²) in [5, 5.41) is 10.3. The molecule has 2 aliphatic rings. The number of anilines is 1. The number of piperazine rings is 1. The third kappa shape index (κ3) is 5.02. The van der Waals surface area contributed by atoms with Gasteiger partial charge in [-0.1, -0.05) is 48.7 Å². The van der Waals surface area contributed by atoms with Crippen molar-refractivity contribution in [2.75, 3.05) is 45.2 Å². The van der Waals surface area contributed by atoms with Gasteiger partial charge in [0.25, 0.3) is 5.91 Å².